The molecule has 0 fully saturated rings. The molecule has 5 nitrogen and oxygen atoms in total. The predicted molar refractivity (Wildman–Crippen MR) is 84.6 cm³/mol. The van der Waals surface area contributed by atoms with Gasteiger partial charge in [0.2, 0.25) is 10.0 Å². The second-order valence-corrected chi connectivity index (χ2v) is 7.87. The SMILES string of the molecule is C[C@H](Cc1nc2ccccc2s1)NS(=O)(=O)CCCC#N. The Morgan fingerprint density at radius 2 is 2.19 bits per heavy atom. The molecule has 21 heavy (non-hydrogen) atoms. The molecule has 1 N–H and O–H groups in total. The summed E-state index contributed by atoms with van der Waals surface area (Å²) in [6.07, 6.45) is 1.18. The third-order valence-electron chi connectivity index (χ3n) is 2.90. The van der Waals surface area contributed by atoms with Crippen LogP contribution >= 0.6 is 11.3 Å². The number of nitrogens with zero attached hydrogens (tertiary/aromatic N) is 2. The fourth-order valence-corrected chi connectivity index (χ4v) is 4.45. The van der Waals surface area contributed by atoms with Crippen molar-refractivity contribution in [2.24, 2.45) is 0 Å². The Morgan fingerprint density at radius 1 is 1.43 bits per heavy atom. The topological polar surface area (TPSA) is 82.8 Å². The van der Waals surface area contributed by atoms with Crippen molar-refractivity contribution >= 4 is 31.6 Å². The lowest BCUT2D eigenvalue weighted by Crippen LogP contribution is -2.35. The minimum atomic E-state index is -3.33. The van der Waals surface area contributed by atoms with Gasteiger partial charge in [-0.15, -0.1) is 11.3 Å². The van der Waals surface area contributed by atoms with E-state index in [1.807, 2.05) is 37.3 Å². The van der Waals surface area contributed by atoms with E-state index < -0.39 is 10.0 Å². The molecule has 0 radical (unpaired) electrons. The lowest BCUT2D eigenvalue weighted by atomic mass is 10.3. The van der Waals surface area contributed by atoms with Crippen molar-refractivity contribution in [3.05, 3.63) is 29.3 Å². The molecule has 2 aromatic rings. The van der Waals surface area contributed by atoms with E-state index in [9.17, 15) is 8.42 Å². The number of benzene rings is 1. The van der Waals surface area contributed by atoms with Crippen LogP contribution in [0.4, 0.5) is 0 Å². The molecule has 0 spiro atoms. The fourth-order valence-electron chi connectivity index (χ4n) is 2.02. The number of para-hydroxylation sites is 1. The third kappa shape index (κ3) is 4.77. The Morgan fingerprint density at radius 3 is 2.90 bits per heavy atom. The predicted octanol–water partition coefficient (Wildman–Crippen LogP) is 2.45. The Hall–Kier alpha value is -1.49. The average Bonchev–Trinajstić information content (AvgIpc) is 2.79. The van der Waals surface area contributed by atoms with Crippen LogP contribution in [0.5, 0.6) is 0 Å². The highest BCUT2D eigenvalue weighted by molar-refractivity contribution is 7.89. The van der Waals surface area contributed by atoms with Gasteiger partial charge < -0.3 is 0 Å². The van der Waals surface area contributed by atoms with Gasteiger partial charge in [-0.1, -0.05) is 12.1 Å². The second kappa shape index (κ2) is 6.98. The number of aromatic nitrogens is 1. The van der Waals surface area contributed by atoms with Crippen LogP contribution in [0.25, 0.3) is 10.2 Å². The number of unbranched alkanes of at least 4 members (excludes halogenated alkanes) is 1. The highest BCUT2D eigenvalue weighted by Crippen LogP contribution is 2.22. The largest absolute Gasteiger partial charge is 0.241 e. The van der Waals surface area contributed by atoms with Gasteiger partial charge in [-0.05, 0) is 25.5 Å². The number of nitriles is 1. The summed E-state index contributed by atoms with van der Waals surface area (Å²) in [6.45, 7) is 1.83. The highest BCUT2D eigenvalue weighted by Gasteiger charge is 2.16. The maximum Gasteiger partial charge on any atom is 0.211 e. The van der Waals surface area contributed by atoms with Crippen molar-refractivity contribution in [1.82, 2.24) is 9.71 Å². The van der Waals surface area contributed by atoms with E-state index in [4.69, 9.17) is 5.26 Å². The molecule has 0 saturated carbocycles. The smallest absolute Gasteiger partial charge is 0.211 e. The molecule has 7 heteroatoms. The van der Waals surface area contributed by atoms with Crippen molar-refractivity contribution < 1.29 is 8.42 Å². The zero-order valence-corrected chi connectivity index (χ0v) is 13.4. The number of nitrogens with one attached hydrogen (secondary N) is 1. The fraction of sp³-hybridized carbons (Fsp3) is 0.429. The molecule has 112 valence electrons. The van der Waals surface area contributed by atoms with Crippen LogP contribution in [0.2, 0.25) is 0 Å². The first-order valence-electron chi connectivity index (χ1n) is 6.71. The van der Waals surface area contributed by atoms with Crippen LogP contribution in [0.1, 0.15) is 24.8 Å². The molecule has 0 bridgehead atoms. The van der Waals surface area contributed by atoms with Gasteiger partial charge in [0.15, 0.2) is 0 Å². The summed E-state index contributed by atoms with van der Waals surface area (Å²) in [5.74, 6) is -0.00918. The van der Waals surface area contributed by atoms with Crippen molar-refractivity contribution in [1.29, 1.82) is 5.26 Å². The van der Waals surface area contributed by atoms with Crippen LogP contribution in [0.3, 0.4) is 0 Å². The number of rotatable bonds is 7. The van der Waals surface area contributed by atoms with Crippen LogP contribution in [0.15, 0.2) is 24.3 Å². The number of hydrogen-bond acceptors (Lipinski definition) is 5. The third-order valence-corrected chi connectivity index (χ3v) is 5.55. The standard InChI is InChI=1S/C14H17N3O2S2/c1-11(17-21(18,19)9-5-4-8-15)10-14-16-12-6-2-3-7-13(12)20-14/h2-3,6-7,11,17H,4-5,9-10H2,1H3/t11-/m1/s1. The minimum Gasteiger partial charge on any atom is -0.241 e. The molecule has 0 unspecified atom stereocenters. The lowest BCUT2D eigenvalue weighted by molar-refractivity contribution is 0.557. The maximum atomic E-state index is 11.8. The van der Waals surface area contributed by atoms with Gasteiger partial charge in [-0.25, -0.2) is 18.1 Å². The molecule has 0 aliphatic carbocycles. The highest BCUT2D eigenvalue weighted by atomic mass is 32.2. The number of fused-ring (bicyclic) bond motifs is 1. The van der Waals surface area contributed by atoms with Crippen LogP contribution in [-0.4, -0.2) is 25.2 Å². The molecule has 1 heterocycles. The monoisotopic (exact) mass is 323 g/mol. The summed E-state index contributed by atoms with van der Waals surface area (Å²) in [5.41, 5.74) is 0.946. The van der Waals surface area contributed by atoms with Crippen molar-refractivity contribution in [3.63, 3.8) is 0 Å². The molecular formula is C14H17N3O2S2. The molecule has 0 amide bonds. The molecule has 1 aromatic heterocycles. The van der Waals surface area contributed by atoms with Gasteiger partial charge in [0.05, 0.1) is 27.0 Å². The first-order chi connectivity index (χ1) is 10.00. The molecule has 2 rings (SSSR count). The van der Waals surface area contributed by atoms with Gasteiger partial charge in [-0.3, -0.25) is 0 Å². The minimum absolute atomic E-state index is 0.00918. The quantitative estimate of drug-likeness (QED) is 0.793. The van der Waals surface area contributed by atoms with E-state index in [2.05, 4.69) is 9.71 Å². The molecule has 1 atom stereocenters. The van der Waals surface area contributed by atoms with Gasteiger partial charge in [0, 0.05) is 18.9 Å². The van der Waals surface area contributed by atoms with E-state index >= 15 is 0 Å². The van der Waals surface area contributed by atoms with Crippen LogP contribution < -0.4 is 4.72 Å². The number of hydrogen-bond donors (Lipinski definition) is 1. The van der Waals surface area contributed by atoms with E-state index in [0.717, 1.165) is 15.2 Å². The summed E-state index contributed by atoms with van der Waals surface area (Å²) >= 11 is 1.58. The number of thiazole rings is 1. The zero-order chi connectivity index (χ0) is 15.3. The molecule has 1 aromatic carbocycles. The summed E-state index contributed by atoms with van der Waals surface area (Å²) in [6, 6.07) is 9.60. The van der Waals surface area contributed by atoms with Crippen molar-refractivity contribution in [2.45, 2.75) is 32.2 Å². The van der Waals surface area contributed by atoms with Gasteiger partial charge >= 0.3 is 0 Å². The van der Waals surface area contributed by atoms with Gasteiger partial charge in [0.25, 0.3) is 0 Å². The van der Waals surface area contributed by atoms with Gasteiger partial charge in [0.1, 0.15) is 0 Å². The molecule has 0 aliphatic rings. The summed E-state index contributed by atoms with van der Waals surface area (Å²) in [4.78, 5) is 4.50. The number of sulfonamides is 1. The second-order valence-electron chi connectivity index (χ2n) is 4.88. The average molecular weight is 323 g/mol. The van der Waals surface area contributed by atoms with Gasteiger partial charge in [-0.2, -0.15) is 5.26 Å². The van der Waals surface area contributed by atoms with E-state index in [1.165, 1.54) is 0 Å². The Bertz CT molecular complexity index is 714. The molecule has 0 aliphatic heterocycles. The first-order valence-corrected chi connectivity index (χ1v) is 9.18. The van der Waals surface area contributed by atoms with E-state index in [1.54, 1.807) is 11.3 Å². The first kappa shape index (κ1) is 15.9. The Balaban J connectivity index is 1.95. The lowest BCUT2D eigenvalue weighted by Gasteiger charge is -2.12. The van der Waals surface area contributed by atoms with Crippen molar-refractivity contribution in [3.8, 4) is 6.07 Å². The van der Waals surface area contributed by atoms with E-state index in [0.29, 0.717) is 12.8 Å². The molecule has 0 saturated heterocycles. The summed E-state index contributed by atoms with van der Waals surface area (Å²) in [5, 5.41) is 9.36. The van der Waals surface area contributed by atoms with Crippen LogP contribution in [-0.2, 0) is 16.4 Å². The van der Waals surface area contributed by atoms with E-state index in [-0.39, 0.29) is 18.2 Å². The normalized spacial score (nSPS) is 13.1. The zero-order valence-electron chi connectivity index (χ0n) is 11.7. The summed E-state index contributed by atoms with van der Waals surface area (Å²) in [7, 11) is -3.33. The maximum absolute atomic E-state index is 11.8. The van der Waals surface area contributed by atoms with Crippen molar-refractivity contribution in [2.75, 3.05) is 5.75 Å². The van der Waals surface area contributed by atoms with Crippen LogP contribution in [0, 0.1) is 11.3 Å². The Labute approximate surface area is 128 Å². The summed E-state index contributed by atoms with van der Waals surface area (Å²) < 4.78 is 27.4. The Kier molecular flexibility index (Phi) is 5.28. The molecular weight excluding hydrogens is 306 g/mol.